The number of nitrogens with zero attached hydrogens (tertiary/aromatic N) is 1. The van der Waals surface area contributed by atoms with Gasteiger partial charge in [0.2, 0.25) is 0 Å². The SMILES string of the molecule is COc1ccc2c3c1O[C@@H]1[C@]34CCN(CC3CC3)[C@H](C2)[C@@]42C=C(C(=O)NC(C)(C)c3ccccc3)[C@]1(OC)CC2. The van der Waals surface area contributed by atoms with E-state index in [1.807, 2.05) is 18.2 Å². The van der Waals surface area contributed by atoms with E-state index in [0.29, 0.717) is 6.04 Å². The third-order valence-corrected chi connectivity index (χ3v) is 11.5. The molecule has 0 unspecified atom stereocenters. The van der Waals surface area contributed by atoms with Gasteiger partial charge in [0.25, 0.3) is 5.91 Å². The summed E-state index contributed by atoms with van der Waals surface area (Å²) in [5.41, 5.74) is 2.80. The standard InChI is InChI=1S/C34H40N2O4/c1-31(2,23-8-6-5-7-9-23)35-29(37)24-19-32-14-15-34(24,39-4)30-33(32)16-17-36(20-21-10-11-21)26(32)18-22-12-13-25(38-3)28(40-30)27(22)33/h5-9,12-13,19,21,26,30H,10-11,14-18,20H2,1-4H3,(H,35,37)/t26-,30-,32-,33+,34-/m1/s1. The van der Waals surface area contributed by atoms with Crippen molar-refractivity contribution >= 4 is 5.91 Å². The van der Waals surface area contributed by atoms with Crippen molar-refractivity contribution in [1.82, 2.24) is 10.2 Å². The third kappa shape index (κ3) is 2.94. The molecule has 210 valence electrons. The molecule has 40 heavy (non-hydrogen) atoms. The van der Waals surface area contributed by atoms with Crippen LogP contribution in [0.5, 0.6) is 11.5 Å². The van der Waals surface area contributed by atoms with E-state index < -0.39 is 11.1 Å². The van der Waals surface area contributed by atoms with E-state index in [9.17, 15) is 4.79 Å². The Morgan fingerprint density at radius 1 is 1.10 bits per heavy atom. The highest BCUT2D eigenvalue weighted by atomic mass is 16.6. The average Bonchev–Trinajstić information content (AvgIpc) is 3.71. The molecule has 0 aromatic heterocycles. The summed E-state index contributed by atoms with van der Waals surface area (Å²) >= 11 is 0. The maximum absolute atomic E-state index is 14.4. The van der Waals surface area contributed by atoms with Crippen molar-refractivity contribution in [2.75, 3.05) is 27.3 Å². The van der Waals surface area contributed by atoms with Gasteiger partial charge in [-0.25, -0.2) is 0 Å². The van der Waals surface area contributed by atoms with E-state index in [1.165, 1.54) is 24.0 Å². The number of carbonyl (C=O) groups excluding carboxylic acids is 1. The number of carbonyl (C=O) groups is 1. The number of piperidine rings is 1. The van der Waals surface area contributed by atoms with Gasteiger partial charge in [0.05, 0.1) is 18.1 Å². The minimum absolute atomic E-state index is 0.0474. The molecule has 2 aromatic carbocycles. The molecule has 1 amide bonds. The van der Waals surface area contributed by atoms with Crippen molar-refractivity contribution < 1.29 is 19.0 Å². The summed E-state index contributed by atoms with van der Waals surface area (Å²) in [4.78, 5) is 17.2. The van der Waals surface area contributed by atoms with Crippen LogP contribution in [0.2, 0.25) is 0 Å². The summed E-state index contributed by atoms with van der Waals surface area (Å²) in [6.45, 7) is 6.38. The molecule has 4 bridgehead atoms. The van der Waals surface area contributed by atoms with Crippen molar-refractivity contribution in [2.45, 2.75) is 81.1 Å². The second-order valence-corrected chi connectivity index (χ2v) is 13.6. The zero-order valence-electron chi connectivity index (χ0n) is 24.1. The van der Waals surface area contributed by atoms with E-state index in [0.717, 1.165) is 67.3 Å². The maximum Gasteiger partial charge on any atom is 0.250 e. The Kier molecular flexibility index (Phi) is 5.07. The number of benzene rings is 2. The molecule has 3 fully saturated rings. The second kappa shape index (κ2) is 8.13. The van der Waals surface area contributed by atoms with Gasteiger partial charge in [0, 0.05) is 36.2 Å². The van der Waals surface area contributed by atoms with E-state index in [4.69, 9.17) is 14.2 Å². The highest BCUT2D eigenvalue weighted by Crippen LogP contribution is 2.75. The minimum Gasteiger partial charge on any atom is -0.493 e. The van der Waals surface area contributed by atoms with Crippen LogP contribution in [0, 0.1) is 11.3 Å². The van der Waals surface area contributed by atoms with E-state index >= 15 is 0 Å². The van der Waals surface area contributed by atoms with Gasteiger partial charge in [-0.3, -0.25) is 9.69 Å². The van der Waals surface area contributed by atoms with Crippen LogP contribution in [-0.2, 0) is 26.9 Å². The number of hydrogen-bond donors (Lipinski definition) is 1. The highest BCUT2D eigenvalue weighted by molar-refractivity contribution is 5.97. The Morgan fingerprint density at radius 3 is 2.62 bits per heavy atom. The Labute approximate surface area is 237 Å². The number of fused-ring (bicyclic) bond motifs is 1. The molecular weight excluding hydrogens is 500 g/mol. The van der Waals surface area contributed by atoms with Gasteiger partial charge in [-0.15, -0.1) is 0 Å². The molecule has 2 heterocycles. The van der Waals surface area contributed by atoms with Crippen molar-refractivity contribution in [3.05, 3.63) is 70.8 Å². The van der Waals surface area contributed by atoms with Crippen LogP contribution < -0.4 is 14.8 Å². The summed E-state index contributed by atoms with van der Waals surface area (Å²) in [5.74, 6) is 2.44. The molecule has 2 saturated carbocycles. The van der Waals surface area contributed by atoms with Gasteiger partial charge in [-0.1, -0.05) is 42.5 Å². The fourth-order valence-electron chi connectivity index (χ4n) is 9.54. The number of methoxy groups -OCH3 is 2. The smallest absolute Gasteiger partial charge is 0.250 e. The lowest BCUT2D eigenvalue weighted by atomic mass is 9.37. The van der Waals surface area contributed by atoms with Gasteiger partial charge in [-0.05, 0) is 82.0 Å². The van der Waals surface area contributed by atoms with Gasteiger partial charge in [-0.2, -0.15) is 0 Å². The third-order valence-electron chi connectivity index (χ3n) is 11.5. The predicted molar refractivity (Wildman–Crippen MR) is 153 cm³/mol. The highest BCUT2D eigenvalue weighted by Gasteiger charge is 2.79. The molecule has 1 N–H and O–H groups in total. The topological polar surface area (TPSA) is 60.0 Å². The zero-order valence-corrected chi connectivity index (χ0v) is 24.1. The Bertz CT molecular complexity index is 1430. The lowest BCUT2D eigenvalue weighted by Crippen LogP contribution is -2.78. The number of amides is 1. The number of hydrogen-bond acceptors (Lipinski definition) is 5. The molecule has 5 aliphatic carbocycles. The summed E-state index contributed by atoms with van der Waals surface area (Å²) in [6, 6.07) is 14.9. The summed E-state index contributed by atoms with van der Waals surface area (Å²) in [7, 11) is 3.50. The van der Waals surface area contributed by atoms with E-state index in [-0.39, 0.29) is 22.8 Å². The molecule has 6 nitrogen and oxygen atoms in total. The van der Waals surface area contributed by atoms with Crippen LogP contribution in [-0.4, -0.2) is 55.9 Å². The molecule has 5 atom stereocenters. The molecule has 9 rings (SSSR count). The fraction of sp³-hybridized carbons (Fsp3) is 0.559. The zero-order chi connectivity index (χ0) is 27.5. The Hall–Kier alpha value is -2.83. The quantitative estimate of drug-likeness (QED) is 0.542. The maximum atomic E-state index is 14.4. The molecule has 2 spiro atoms. The first-order chi connectivity index (χ1) is 19.3. The lowest BCUT2D eigenvalue weighted by molar-refractivity contribution is -0.197. The van der Waals surface area contributed by atoms with Crippen molar-refractivity contribution in [2.24, 2.45) is 11.3 Å². The predicted octanol–water partition coefficient (Wildman–Crippen LogP) is 4.89. The van der Waals surface area contributed by atoms with Crippen LogP contribution in [0.4, 0.5) is 0 Å². The lowest BCUT2D eigenvalue weighted by Gasteiger charge is -2.70. The first-order valence-corrected chi connectivity index (χ1v) is 15.1. The number of rotatable bonds is 7. The number of ether oxygens (including phenoxy) is 3. The van der Waals surface area contributed by atoms with Gasteiger partial charge >= 0.3 is 0 Å². The number of likely N-dealkylation sites (tertiary alicyclic amines) is 1. The van der Waals surface area contributed by atoms with Crippen molar-refractivity contribution in [1.29, 1.82) is 0 Å². The molecular formula is C34H40N2O4. The largest absolute Gasteiger partial charge is 0.493 e. The summed E-state index contributed by atoms with van der Waals surface area (Å²) in [5, 5.41) is 3.40. The van der Waals surface area contributed by atoms with Crippen molar-refractivity contribution in [3.63, 3.8) is 0 Å². The van der Waals surface area contributed by atoms with E-state index in [2.05, 4.69) is 54.4 Å². The monoisotopic (exact) mass is 540 g/mol. The van der Waals surface area contributed by atoms with Crippen molar-refractivity contribution in [3.8, 4) is 11.5 Å². The van der Waals surface area contributed by atoms with Crippen LogP contribution in [0.15, 0.2) is 54.1 Å². The molecule has 0 radical (unpaired) electrons. The molecule has 2 aliphatic heterocycles. The van der Waals surface area contributed by atoms with Crippen LogP contribution in [0.3, 0.4) is 0 Å². The molecule has 1 saturated heterocycles. The average molecular weight is 541 g/mol. The first-order valence-electron chi connectivity index (χ1n) is 15.1. The van der Waals surface area contributed by atoms with Crippen LogP contribution >= 0.6 is 0 Å². The molecule has 7 aliphatic rings. The fourth-order valence-corrected chi connectivity index (χ4v) is 9.54. The van der Waals surface area contributed by atoms with Gasteiger partial charge in [0.15, 0.2) is 11.5 Å². The summed E-state index contributed by atoms with van der Waals surface area (Å²) < 4.78 is 19.5. The number of nitrogens with one attached hydrogen (secondary N) is 1. The van der Waals surface area contributed by atoms with Gasteiger partial charge in [0.1, 0.15) is 11.7 Å². The van der Waals surface area contributed by atoms with Gasteiger partial charge < -0.3 is 19.5 Å². The normalized spacial score (nSPS) is 35.0. The second-order valence-electron chi connectivity index (χ2n) is 13.6. The Morgan fingerprint density at radius 2 is 1.90 bits per heavy atom. The molecule has 2 aromatic rings. The summed E-state index contributed by atoms with van der Waals surface area (Å²) in [6.07, 6.45) is 8.59. The first kappa shape index (κ1) is 24.9. The van der Waals surface area contributed by atoms with Crippen LogP contribution in [0.25, 0.3) is 0 Å². The molecule has 6 heteroatoms. The Balaban J connectivity index is 1.30. The van der Waals surface area contributed by atoms with E-state index in [1.54, 1.807) is 14.2 Å². The van der Waals surface area contributed by atoms with Crippen LogP contribution in [0.1, 0.15) is 62.6 Å². The minimum atomic E-state index is -0.819.